The summed E-state index contributed by atoms with van der Waals surface area (Å²) in [5, 5.41) is 18.6. The average molecular weight is 286 g/mol. The monoisotopic (exact) mass is 286 g/mol. The van der Waals surface area contributed by atoms with Gasteiger partial charge in [-0.2, -0.15) is 0 Å². The Balaban J connectivity index is 0.000000219. The molecule has 0 heterocycles. The fraction of sp³-hybridized carbons (Fsp3) is 0.368. The minimum atomic E-state index is 0.384. The highest BCUT2D eigenvalue weighted by atomic mass is 16.3. The Morgan fingerprint density at radius 2 is 1.38 bits per heavy atom. The molecule has 2 heteroatoms. The molecule has 2 nitrogen and oxygen atoms in total. The molecule has 0 saturated carbocycles. The van der Waals surface area contributed by atoms with Crippen LogP contribution in [0.1, 0.15) is 42.0 Å². The van der Waals surface area contributed by atoms with Gasteiger partial charge in [0.15, 0.2) is 0 Å². The molecule has 2 aromatic rings. The van der Waals surface area contributed by atoms with E-state index in [2.05, 4.69) is 6.92 Å². The second-order valence-electron chi connectivity index (χ2n) is 5.40. The number of rotatable bonds is 3. The highest BCUT2D eigenvalue weighted by Crippen LogP contribution is 2.22. The minimum absolute atomic E-state index is 0.384. The van der Waals surface area contributed by atoms with Crippen LogP contribution in [0, 0.1) is 20.8 Å². The van der Waals surface area contributed by atoms with Crippen molar-refractivity contribution in [2.45, 2.75) is 47.0 Å². The maximum absolute atomic E-state index is 9.52. The third-order valence-electron chi connectivity index (χ3n) is 3.74. The summed E-state index contributed by atoms with van der Waals surface area (Å²) in [6.45, 7) is 8.10. The van der Waals surface area contributed by atoms with Crippen LogP contribution in [-0.2, 0) is 6.42 Å². The highest BCUT2D eigenvalue weighted by Gasteiger charge is 2.02. The van der Waals surface area contributed by atoms with E-state index in [-0.39, 0.29) is 0 Å². The van der Waals surface area contributed by atoms with Gasteiger partial charge in [-0.3, -0.25) is 0 Å². The third kappa shape index (κ3) is 5.14. The van der Waals surface area contributed by atoms with Crippen LogP contribution in [0.5, 0.6) is 11.5 Å². The largest absolute Gasteiger partial charge is 0.508 e. The molecule has 0 amide bonds. The topological polar surface area (TPSA) is 40.5 Å². The molecular weight excluding hydrogens is 260 g/mol. The van der Waals surface area contributed by atoms with Gasteiger partial charge in [0, 0.05) is 0 Å². The maximum atomic E-state index is 9.52. The lowest BCUT2D eigenvalue weighted by molar-refractivity contribution is 0.466. The summed E-state index contributed by atoms with van der Waals surface area (Å²) in [4.78, 5) is 0. The summed E-state index contributed by atoms with van der Waals surface area (Å²) in [7, 11) is 0. The van der Waals surface area contributed by atoms with E-state index in [0.29, 0.717) is 11.5 Å². The van der Waals surface area contributed by atoms with E-state index in [0.717, 1.165) is 29.5 Å². The zero-order valence-electron chi connectivity index (χ0n) is 13.5. The number of aryl methyl sites for hydroxylation is 2. The number of benzene rings is 2. The zero-order chi connectivity index (χ0) is 15.8. The highest BCUT2D eigenvalue weighted by molar-refractivity contribution is 5.38. The number of aromatic hydroxyl groups is 2. The van der Waals surface area contributed by atoms with Crippen LogP contribution in [0.15, 0.2) is 36.4 Å². The van der Waals surface area contributed by atoms with E-state index in [9.17, 15) is 5.11 Å². The normalized spacial score (nSPS) is 9.90. The van der Waals surface area contributed by atoms with E-state index in [1.54, 1.807) is 12.1 Å². The Morgan fingerprint density at radius 3 is 1.86 bits per heavy atom. The van der Waals surface area contributed by atoms with Crippen LogP contribution in [-0.4, -0.2) is 10.2 Å². The summed E-state index contributed by atoms with van der Waals surface area (Å²) in [5.41, 5.74) is 4.41. The Kier molecular flexibility index (Phi) is 6.80. The lowest BCUT2D eigenvalue weighted by Gasteiger charge is -2.06. The van der Waals surface area contributed by atoms with Gasteiger partial charge in [0.05, 0.1) is 0 Å². The smallest absolute Gasteiger partial charge is 0.119 e. The predicted molar refractivity (Wildman–Crippen MR) is 89.0 cm³/mol. The Hall–Kier alpha value is -1.96. The Labute approximate surface area is 128 Å². The van der Waals surface area contributed by atoms with E-state index >= 15 is 0 Å². The molecule has 0 saturated heterocycles. The molecule has 0 spiro atoms. The first-order valence-electron chi connectivity index (χ1n) is 7.50. The van der Waals surface area contributed by atoms with Crippen molar-refractivity contribution < 1.29 is 10.2 Å². The predicted octanol–water partition coefficient (Wildman–Crippen LogP) is 5.05. The molecule has 0 aliphatic heterocycles. The lowest BCUT2D eigenvalue weighted by Crippen LogP contribution is -1.89. The van der Waals surface area contributed by atoms with Gasteiger partial charge in [-0.1, -0.05) is 37.6 Å². The second-order valence-corrected chi connectivity index (χ2v) is 5.40. The molecule has 0 aliphatic rings. The molecule has 21 heavy (non-hydrogen) atoms. The molecule has 2 aromatic carbocycles. The minimum Gasteiger partial charge on any atom is -0.508 e. The standard InChI is InChI=1S/C11H16O.C8H10O/c1-3-4-7-10-9(2)6-5-8-11(10)12;1-6-4-3-5-8(9)7(6)2/h5-6,8,12H,3-4,7H2,1-2H3;3-5,9H,1-2H3. The maximum Gasteiger partial charge on any atom is 0.119 e. The molecule has 2 N–H and O–H groups in total. The summed E-state index contributed by atoms with van der Waals surface area (Å²) in [6.07, 6.45) is 3.32. The molecule has 0 atom stereocenters. The number of phenols is 2. The van der Waals surface area contributed by atoms with Crippen molar-refractivity contribution in [3.8, 4) is 11.5 Å². The SMILES string of the molecule is CCCCc1c(C)cccc1O.Cc1cccc(O)c1C. The van der Waals surface area contributed by atoms with Gasteiger partial charge in [0.25, 0.3) is 0 Å². The number of hydrogen-bond donors (Lipinski definition) is 2. The summed E-state index contributed by atoms with van der Waals surface area (Å²) >= 11 is 0. The fourth-order valence-electron chi connectivity index (χ4n) is 2.10. The van der Waals surface area contributed by atoms with E-state index in [1.807, 2.05) is 45.0 Å². The van der Waals surface area contributed by atoms with Crippen molar-refractivity contribution in [2.24, 2.45) is 0 Å². The molecule has 0 radical (unpaired) electrons. The van der Waals surface area contributed by atoms with Gasteiger partial charge in [-0.15, -0.1) is 0 Å². The molecule has 0 aromatic heterocycles. The summed E-state index contributed by atoms with van der Waals surface area (Å²) in [5.74, 6) is 0.832. The van der Waals surface area contributed by atoms with Gasteiger partial charge in [-0.25, -0.2) is 0 Å². The molecule has 2 rings (SSSR count). The van der Waals surface area contributed by atoms with Crippen molar-refractivity contribution in [3.63, 3.8) is 0 Å². The van der Waals surface area contributed by atoms with E-state index in [4.69, 9.17) is 5.11 Å². The molecule has 0 aliphatic carbocycles. The first-order chi connectivity index (χ1) is 9.97. The van der Waals surface area contributed by atoms with Crippen LogP contribution in [0.2, 0.25) is 0 Å². The van der Waals surface area contributed by atoms with Crippen molar-refractivity contribution in [1.82, 2.24) is 0 Å². The number of unbranched alkanes of at least 4 members (excludes halogenated alkanes) is 1. The van der Waals surface area contributed by atoms with Crippen LogP contribution in [0.4, 0.5) is 0 Å². The van der Waals surface area contributed by atoms with Crippen LogP contribution < -0.4 is 0 Å². The number of hydrogen-bond acceptors (Lipinski definition) is 2. The third-order valence-corrected chi connectivity index (χ3v) is 3.74. The van der Waals surface area contributed by atoms with Crippen molar-refractivity contribution in [2.75, 3.05) is 0 Å². The zero-order valence-corrected chi connectivity index (χ0v) is 13.5. The van der Waals surface area contributed by atoms with Crippen molar-refractivity contribution in [1.29, 1.82) is 0 Å². The number of phenolic OH excluding ortho intramolecular Hbond substituents is 2. The summed E-state index contributed by atoms with van der Waals surface area (Å²) in [6, 6.07) is 11.2. The average Bonchev–Trinajstić information content (AvgIpc) is 2.45. The summed E-state index contributed by atoms with van der Waals surface area (Å²) < 4.78 is 0. The van der Waals surface area contributed by atoms with Crippen LogP contribution in [0.3, 0.4) is 0 Å². The van der Waals surface area contributed by atoms with E-state index in [1.165, 1.54) is 12.0 Å². The fourth-order valence-corrected chi connectivity index (χ4v) is 2.10. The van der Waals surface area contributed by atoms with Crippen LogP contribution in [0.25, 0.3) is 0 Å². The Morgan fingerprint density at radius 1 is 0.810 bits per heavy atom. The molecule has 0 bridgehead atoms. The lowest BCUT2D eigenvalue weighted by atomic mass is 10.0. The Bertz CT molecular complexity index is 533. The molecule has 0 unspecified atom stereocenters. The second kappa shape index (κ2) is 8.35. The van der Waals surface area contributed by atoms with Crippen molar-refractivity contribution in [3.05, 3.63) is 58.7 Å². The van der Waals surface area contributed by atoms with Gasteiger partial charge in [0.2, 0.25) is 0 Å². The first kappa shape index (κ1) is 17.1. The van der Waals surface area contributed by atoms with Gasteiger partial charge in [-0.05, 0) is 68.0 Å². The van der Waals surface area contributed by atoms with Crippen molar-refractivity contribution >= 4 is 0 Å². The first-order valence-corrected chi connectivity index (χ1v) is 7.50. The van der Waals surface area contributed by atoms with Gasteiger partial charge >= 0.3 is 0 Å². The molecule has 114 valence electrons. The molecular formula is C19H26O2. The van der Waals surface area contributed by atoms with E-state index < -0.39 is 0 Å². The van der Waals surface area contributed by atoms with Crippen LogP contribution >= 0.6 is 0 Å². The molecule has 0 fully saturated rings. The van der Waals surface area contributed by atoms with Gasteiger partial charge < -0.3 is 10.2 Å². The quantitative estimate of drug-likeness (QED) is 0.828. The van der Waals surface area contributed by atoms with Gasteiger partial charge in [0.1, 0.15) is 11.5 Å².